The van der Waals surface area contributed by atoms with Crippen molar-refractivity contribution in [2.75, 3.05) is 6.26 Å². The summed E-state index contributed by atoms with van der Waals surface area (Å²) in [4.78, 5) is 1.31. The summed E-state index contributed by atoms with van der Waals surface area (Å²) >= 11 is 4.38. The molecule has 0 aliphatic heterocycles. The minimum absolute atomic E-state index is 0.259. The highest BCUT2D eigenvalue weighted by Gasteiger charge is 1.94. The number of hydrogen-bond donors (Lipinski definition) is 3. The molecule has 0 bridgehead atoms. The standard InChI is InChI=1S/C8H13NS2/c1-11(10)8-4-2-7(6-9)3-5-8/h2-5,10-11H,6,9H2,1H3. The predicted octanol–water partition coefficient (Wildman–Crippen LogP) is 1.98. The van der Waals surface area contributed by atoms with Crippen molar-refractivity contribution in [2.24, 2.45) is 5.73 Å². The summed E-state index contributed by atoms with van der Waals surface area (Å²) < 4.78 is 0. The zero-order valence-corrected chi connectivity index (χ0v) is 8.28. The number of hydrogen-bond acceptors (Lipinski definition) is 2. The van der Waals surface area contributed by atoms with Gasteiger partial charge in [0.25, 0.3) is 0 Å². The Balaban J connectivity index is 2.83. The topological polar surface area (TPSA) is 26.0 Å². The largest absolute Gasteiger partial charge is 0.326 e. The molecule has 1 atom stereocenters. The lowest BCUT2D eigenvalue weighted by Crippen LogP contribution is -1.94. The molecule has 0 fully saturated rings. The van der Waals surface area contributed by atoms with E-state index >= 15 is 0 Å². The molecule has 1 aromatic carbocycles. The van der Waals surface area contributed by atoms with Crippen LogP contribution in [0.25, 0.3) is 0 Å². The van der Waals surface area contributed by atoms with Gasteiger partial charge in [-0.05, 0) is 28.8 Å². The maximum absolute atomic E-state index is 5.46. The molecule has 1 rings (SSSR count). The van der Waals surface area contributed by atoms with Crippen molar-refractivity contribution in [1.82, 2.24) is 0 Å². The Kier molecular flexibility index (Phi) is 3.30. The fraction of sp³-hybridized carbons (Fsp3) is 0.250. The van der Waals surface area contributed by atoms with E-state index in [1.165, 1.54) is 10.5 Å². The summed E-state index contributed by atoms with van der Waals surface area (Å²) in [6, 6.07) is 8.32. The smallest absolute Gasteiger partial charge is 0.0178 e. The molecule has 0 saturated carbocycles. The molecule has 3 heteroatoms. The molecule has 62 valence electrons. The second-order valence-electron chi connectivity index (χ2n) is 2.39. The highest BCUT2D eigenvalue weighted by Crippen LogP contribution is 2.35. The second kappa shape index (κ2) is 4.04. The monoisotopic (exact) mass is 187 g/mol. The average molecular weight is 187 g/mol. The molecule has 0 radical (unpaired) electrons. The summed E-state index contributed by atoms with van der Waals surface area (Å²) in [5.41, 5.74) is 6.64. The molecule has 1 nitrogen and oxygen atoms in total. The van der Waals surface area contributed by atoms with E-state index in [1.807, 2.05) is 0 Å². The predicted molar refractivity (Wildman–Crippen MR) is 56.5 cm³/mol. The van der Waals surface area contributed by atoms with E-state index in [4.69, 9.17) is 5.73 Å². The van der Waals surface area contributed by atoms with Gasteiger partial charge in [-0.2, -0.15) is 9.93 Å². The van der Waals surface area contributed by atoms with Gasteiger partial charge in [0.1, 0.15) is 0 Å². The van der Waals surface area contributed by atoms with E-state index in [0.717, 1.165) is 0 Å². The maximum Gasteiger partial charge on any atom is 0.0178 e. The van der Waals surface area contributed by atoms with Crippen molar-refractivity contribution in [1.29, 1.82) is 0 Å². The van der Waals surface area contributed by atoms with Crippen LogP contribution in [0.4, 0.5) is 0 Å². The van der Waals surface area contributed by atoms with Gasteiger partial charge in [-0.15, -0.1) is 11.7 Å². The third kappa shape index (κ3) is 2.43. The Morgan fingerprint density at radius 1 is 1.36 bits per heavy atom. The zero-order valence-electron chi connectivity index (χ0n) is 6.49. The van der Waals surface area contributed by atoms with Crippen LogP contribution < -0.4 is 5.73 Å². The first-order valence-corrected chi connectivity index (χ1v) is 6.40. The van der Waals surface area contributed by atoms with E-state index in [9.17, 15) is 0 Å². The number of nitrogens with two attached hydrogens (primary N) is 1. The minimum Gasteiger partial charge on any atom is -0.326 e. The molecular formula is C8H13NS2. The molecule has 0 heterocycles. The molecule has 0 amide bonds. The van der Waals surface area contributed by atoms with E-state index in [0.29, 0.717) is 6.54 Å². The first kappa shape index (κ1) is 8.97. The summed E-state index contributed by atoms with van der Waals surface area (Å²) in [5, 5.41) is 0. The fourth-order valence-electron chi connectivity index (χ4n) is 0.848. The van der Waals surface area contributed by atoms with E-state index in [1.54, 1.807) is 0 Å². The van der Waals surface area contributed by atoms with Crippen molar-refractivity contribution in [3.63, 3.8) is 0 Å². The Morgan fingerprint density at radius 3 is 2.27 bits per heavy atom. The van der Waals surface area contributed by atoms with Gasteiger partial charge in [-0.25, -0.2) is 0 Å². The van der Waals surface area contributed by atoms with Crippen LogP contribution in [-0.4, -0.2) is 6.26 Å². The van der Waals surface area contributed by atoms with Crippen LogP contribution in [0.15, 0.2) is 29.2 Å². The molecule has 2 N–H and O–H groups in total. The summed E-state index contributed by atoms with van der Waals surface area (Å²) in [6.45, 7) is 0.620. The molecule has 0 aliphatic rings. The van der Waals surface area contributed by atoms with Gasteiger partial charge in [0, 0.05) is 6.54 Å². The molecule has 1 aromatic rings. The highest BCUT2D eigenvalue weighted by atomic mass is 33.1. The quantitative estimate of drug-likeness (QED) is 0.479. The number of thiol groups is 2. The van der Waals surface area contributed by atoms with Crippen LogP contribution in [-0.2, 0) is 6.54 Å². The van der Waals surface area contributed by atoms with Crippen LogP contribution in [0.5, 0.6) is 0 Å². The lowest BCUT2D eigenvalue weighted by molar-refractivity contribution is 1.07. The minimum atomic E-state index is -0.259. The van der Waals surface area contributed by atoms with Gasteiger partial charge in [-0.1, -0.05) is 12.1 Å². The summed E-state index contributed by atoms with van der Waals surface area (Å²) in [5.74, 6) is 0. The second-order valence-corrected chi connectivity index (χ2v) is 5.76. The van der Waals surface area contributed by atoms with Crippen LogP contribution in [0.1, 0.15) is 5.56 Å². The summed E-state index contributed by atoms with van der Waals surface area (Å²) in [6.07, 6.45) is 2.12. The van der Waals surface area contributed by atoms with Crippen molar-refractivity contribution in [2.45, 2.75) is 11.4 Å². The van der Waals surface area contributed by atoms with Crippen molar-refractivity contribution in [3.8, 4) is 0 Å². The summed E-state index contributed by atoms with van der Waals surface area (Å²) in [7, 11) is -0.259. The Hall–Kier alpha value is -0.120. The molecule has 0 saturated heterocycles. The van der Waals surface area contributed by atoms with Gasteiger partial charge < -0.3 is 5.73 Å². The van der Waals surface area contributed by atoms with Crippen LogP contribution in [0, 0.1) is 0 Å². The Morgan fingerprint density at radius 2 is 1.91 bits per heavy atom. The van der Waals surface area contributed by atoms with Crippen molar-refractivity contribution >= 4 is 21.6 Å². The molecule has 0 aliphatic carbocycles. The average Bonchev–Trinajstić information content (AvgIpc) is 2.05. The lowest BCUT2D eigenvalue weighted by atomic mass is 10.2. The van der Waals surface area contributed by atoms with E-state index in [2.05, 4.69) is 42.2 Å². The van der Waals surface area contributed by atoms with Gasteiger partial charge >= 0.3 is 0 Å². The molecular weight excluding hydrogens is 174 g/mol. The van der Waals surface area contributed by atoms with Gasteiger partial charge in [0.2, 0.25) is 0 Å². The van der Waals surface area contributed by atoms with Crippen LogP contribution in [0.2, 0.25) is 0 Å². The van der Waals surface area contributed by atoms with E-state index < -0.39 is 0 Å². The Bertz CT molecular complexity index is 218. The van der Waals surface area contributed by atoms with Gasteiger partial charge in [0.05, 0.1) is 0 Å². The van der Waals surface area contributed by atoms with Crippen LogP contribution in [0.3, 0.4) is 0 Å². The van der Waals surface area contributed by atoms with Crippen LogP contribution >= 0.6 is 21.6 Å². The fourth-order valence-corrected chi connectivity index (χ4v) is 1.83. The lowest BCUT2D eigenvalue weighted by Gasteiger charge is -2.08. The Labute approximate surface area is 75.1 Å². The van der Waals surface area contributed by atoms with Crippen molar-refractivity contribution < 1.29 is 0 Å². The first-order chi connectivity index (χ1) is 5.24. The number of benzene rings is 1. The number of rotatable bonds is 2. The normalized spacial score (nSPS) is 14.6. The van der Waals surface area contributed by atoms with Gasteiger partial charge in [0.15, 0.2) is 0 Å². The third-order valence-corrected chi connectivity index (χ3v) is 3.28. The van der Waals surface area contributed by atoms with E-state index in [-0.39, 0.29) is 9.93 Å². The third-order valence-electron chi connectivity index (χ3n) is 1.55. The molecule has 1 unspecified atom stereocenters. The van der Waals surface area contributed by atoms with Crippen molar-refractivity contribution in [3.05, 3.63) is 29.8 Å². The van der Waals surface area contributed by atoms with Gasteiger partial charge in [-0.3, -0.25) is 0 Å². The SMILES string of the molecule is C[SH](S)c1ccc(CN)cc1. The molecule has 0 spiro atoms. The molecule has 11 heavy (non-hydrogen) atoms. The zero-order chi connectivity index (χ0) is 8.27. The highest BCUT2D eigenvalue weighted by molar-refractivity contribution is 8.77. The molecule has 0 aromatic heterocycles. The maximum atomic E-state index is 5.46. The first-order valence-electron chi connectivity index (χ1n) is 3.45.